The molecule has 162 valence electrons. The van der Waals surface area contributed by atoms with Gasteiger partial charge in [-0.2, -0.15) is 5.10 Å². The average molecular weight is 436 g/mol. The van der Waals surface area contributed by atoms with E-state index < -0.39 is 0 Å². The molecule has 1 amide bonds. The number of nitrogens with zero attached hydrogens (tertiary/aromatic N) is 5. The first-order chi connectivity index (χ1) is 16.2. The summed E-state index contributed by atoms with van der Waals surface area (Å²) in [6.07, 6.45) is 1.90. The Morgan fingerprint density at radius 3 is 2.36 bits per heavy atom. The molecule has 0 atom stereocenters. The summed E-state index contributed by atoms with van der Waals surface area (Å²) < 4.78 is 2.87. The van der Waals surface area contributed by atoms with E-state index in [2.05, 4.69) is 15.6 Å². The summed E-state index contributed by atoms with van der Waals surface area (Å²) in [6.45, 7) is 0.0375. The highest BCUT2D eigenvalue weighted by Crippen LogP contribution is 2.23. The van der Waals surface area contributed by atoms with E-state index >= 15 is 0 Å². The van der Waals surface area contributed by atoms with E-state index in [9.17, 15) is 9.59 Å². The predicted octanol–water partition coefficient (Wildman–Crippen LogP) is 2.96. The van der Waals surface area contributed by atoms with E-state index in [1.165, 1.54) is 0 Å². The Balaban J connectivity index is 1.38. The van der Waals surface area contributed by atoms with Gasteiger partial charge in [-0.15, -0.1) is 5.10 Å². The summed E-state index contributed by atoms with van der Waals surface area (Å²) in [5.41, 5.74) is 3.66. The molecule has 8 heteroatoms. The van der Waals surface area contributed by atoms with Crippen molar-refractivity contribution in [1.82, 2.24) is 30.1 Å². The number of hydrogen-bond acceptors (Lipinski definition) is 5. The van der Waals surface area contributed by atoms with Gasteiger partial charge in [0.15, 0.2) is 0 Å². The van der Waals surface area contributed by atoms with Gasteiger partial charge in [-0.05, 0) is 24.3 Å². The lowest BCUT2D eigenvalue weighted by atomic mass is 10.1. The fourth-order valence-electron chi connectivity index (χ4n) is 3.60. The predicted molar refractivity (Wildman–Crippen MR) is 125 cm³/mol. The molecule has 0 aliphatic rings. The number of rotatable bonds is 6. The maximum atomic E-state index is 12.6. The molecule has 0 bridgehead atoms. The zero-order chi connectivity index (χ0) is 22.6. The summed E-state index contributed by atoms with van der Waals surface area (Å²) in [5.74, 6) is -0.340. The van der Waals surface area contributed by atoms with Gasteiger partial charge < -0.3 is 5.32 Å². The summed E-state index contributed by atoms with van der Waals surface area (Å²) in [5, 5.41) is 16.0. The average Bonchev–Trinajstić information content (AvgIpc) is 3.30. The molecule has 8 nitrogen and oxygen atoms in total. The third kappa shape index (κ3) is 4.27. The molecule has 0 aliphatic carbocycles. The van der Waals surface area contributed by atoms with Crippen LogP contribution in [0.15, 0.2) is 95.9 Å². The van der Waals surface area contributed by atoms with Crippen LogP contribution in [0.5, 0.6) is 0 Å². The van der Waals surface area contributed by atoms with Crippen LogP contribution in [0.1, 0.15) is 5.56 Å². The van der Waals surface area contributed by atoms with Crippen LogP contribution in [0, 0.1) is 0 Å². The van der Waals surface area contributed by atoms with Crippen molar-refractivity contribution in [2.24, 2.45) is 0 Å². The number of amides is 1. The van der Waals surface area contributed by atoms with Crippen LogP contribution >= 0.6 is 0 Å². The third-order valence-corrected chi connectivity index (χ3v) is 5.26. The number of hydrogen-bond donors (Lipinski definition) is 1. The fraction of sp³-hybridized carbons (Fsp3) is 0.0800. The van der Waals surface area contributed by atoms with Gasteiger partial charge in [0.1, 0.15) is 12.1 Å². The number of para-hydroxylation sites is 1. The molecule has 0 radical (unpaired) electrons. The highest BCUT2D eigenvalue weighted by molar-refractivity contribution is 5.78. The normalized spacial score (nSPS) is 10.9. The molecule has 3 aromatic carbocycles. The Hall–Kier alpha value is -4.59. The SMILES string of the molecule is O=C(Cn1nnc2ccccc2c1=O)NCc1cn(-c2ccccc2)nc1-c1ccccc1. The van der Waals surface area contributed by atoms with E-state index in [0.717, 1.165) is 27.2 Å². The minimum Gasteiger partial charge on any atom is -0.350 e. The van der Waals surface area contributed by atoms with E-state index in [0.29, 0.717) is 10.9 Å². The standard InChI is InChI=1S/C25H20N6O2/c32-23(17-31-25(33)21-13-7-8-14-22(21)27-29-31)26-15-19-16-30(20-11-5-2-6-12-20)28-24(19)18-9-3-1-4-10-18/h1-14,16H,15,17H2,(H,26,32). The summed E-state index contributed by atoms with van der Waals surface area (Å²) >= 11 is 0. The quantitative estimate of drug-likeness (QED) is 0.442. The lowest BCUT2D eigenvalue weighted by Gasteiger charge is -2.07. The van der Waals surface area contributed by atoms with E-state index in [1.807, 2.05) is 66.9 Å². The molecule has 0 saturated heterocycles. The molecule has 0 spiro atoms. The summed E-state index contributed by atoms with van der Waals surface area (Å²) in [7, 11) is 0. The smallest absolute Gasteiger partial charge is 0.278 e. The fourth-order valence-corrected chi connectivity index (χ4v) is 3.60. The van der Waals surface area contributed by atoms with Crippen molar-refractivity contribution in [3.05, 3.63) is 107 Å². The van der Waals surface area contributed by atoms with Gasteiger partial charge in [0.25, 0.3) is 5.56 Å². The molecule has 1 N–H and O–H groups in total. The first-order valence-electron chi connectivity index (χ1n) is 10.5. The second kappa shape index (κ2) is 8.88. The van der Waals surface area contributed by atoms with Gasteiger partial charge in [-0.25, -0.2) is 9.36 Å². The summed E-state index contributed by atoms with van der Waals surface area (Å²) in [4.78, 5) is 25.2. The Kier molecular flexibility index (Phi) is 5.47. The van der Waals surface area contributed by atoms with Crippen molar-refractivity contribution < 1.29 is 4.79 Å². The number of aromatic nitrogens is 5. The highest BCUT2D eigenvalue weighted by atomic mass is 16.2. The maximum Gasteiger partial charge on any atom is 0.278 e. The van der Waals surface area contributed by atoms with E-state index in [-0.39, 0.29) is 24.6 Å². The van der Waals surface area contributed by atoms with E-state index in [1.54, 1.807) is 28.9 Å². The topological polar surface area (TPSA) is 94.7 Å². The van der Waals surface area contributed by atoms with E-state index in [4.69, 9.17) is 5.10 Å². The van der Waals surface area contributed by atoms with Crippen LogP contribution in [0.25, 0.3) is 27.8 Å². The first-order valence-corrected chi connectivity index (χ1v) is 10.5. The van der Waals surface area contributed by atoms with Gasteiger partial charge >= 0.3 is 0 Å². The second-order valence-electron chi connectivity index (χ2n) is 7.50. The minimum absolute atomic E-state index is 0.218. The number of fused-ring (bicyclic) bond motifs is 1. The van der Waals surface area contributed by atoms with Crippen LogP contribution in [0.2, 0.25) is 0 Å². The molecule has 0 aliphatic heterocycles. The molecule has 5 aromatic rings. The molecule has 5 rings (SSSR count). The lowest BCUT2D eigenvalue weighted by molar-refractivity contribution is -0.122. The van der Waals surface area contributed by atoms with Crippen LogP contribution in [-0.4, -0.2) is 30.7 Å². The van der Waals surface area contributed by atoms with Crippen molar-refractivity contribution in [3.63, 3.8) is 0 Å². The van der Waals surface area contributed by atoms with Crippen molar-refractivity contribution in [2.75, 3.05) is 0 Å². The van der Waals surface area contributed by atoms with Gasteiger partial charge in [-0.3, -0.25) is 9.59 Å². The van der Waals surface area contributed by atoms with Crippen molar-refractivity contribution in [1.29, 1.82) is 0 Å². The minimum atomic E-state index is -0.349. The summed E-state index contributed by atoms with van der Waals surface area (Å²) in [6, 6.07) is 26.5. The van der Waals surface area contributed by atoms with Crippen LogP contribution in [0.3, 0.4) is 0 Å². The molecule has 2 aromatic heterocycles. The molecule has 0 fully saturated rings. The maximum absolute atomic E-state index is 12.6. The molecular weight excluding hydrogens is 416 g/mol. The zero-order valence-electron chi connectivity index (χ0n) is 17.6. The monoisotopic (exact) mass is 436 g/mol. The largest absolute Gasteiger partial charge is 0.350 e. The number of carbonyl (C=O) groups is 1. The van der Waals surface area contributed by atoms with Crippen LogP contribution in [0.4, 0.5) is 0 Å². The molecule has 33 heavy (non-hydrogen) atoms. The molecular formula is C25H20N6O2. The van der Waals surface area contributed by atoms with Crippen molar-refractivity contribution in [3.8, 4) is 16.9 Å². The lowest BCUT2D eigenvalue weighted by Crippen LogP contribution is -2.34. The molecule has 2 heterocycles. The van der Waals surface area contributed by atoms with Gasteiger partial charge in [0.2, 0.25) is 5.91 Å². The second-order valence-corrected chi connectivity index (χ2v) is 7.50. The van der Waals surface area contributed by atoms with Gasteiger partial charge in [-0.1, -0.05) is 65.9 Å². The number of benzene rings is 3. The zero-order valence-corrected chi connectivity index (χ0v) is 17.6. The molecule has 0 unspecified atom stereocenters. The first kappa shape index (κ1) is 20.3. The Labute approximate surface area is 189 Å². The third-order valence-electron chi connectivity index (χ3n) is 5.26. The number of nitrogens with one attached hydrogen (secondary N) is 1. The highest BCUT2D eigenvalue weighted by Gasteiger charge is 2.14. The van der Waals surface area contributed by atoms with Crippen LogP contribution < -0.4 is 10.9 Å². The Morgan fingerprint density at radius 1 is 0.879 bits per heavy atom. The Bertz CT molecular complexity index is 1480. The van der Waals surface area contributed by atoms with Crippen molar-refractivity contribution >= 4 is 16.8 Å². The van der Waals surface area contributed by atoms with Crippen molar-refractivity contribution in [2.45, 2.75) is 13.1 Å². The molecule has 0 saturated carbocycles. The Morgan fingerprint density at radius 2 is 1.58 bits per heavy atom. The van der Waals surface area contributed by atoms with Gasteiger partial charge in [0.05, 0.1) is 16.8 Å². The number of carbonyl (C=O) groups excluding carboxylic acids is 1. The van der Waals surface area contributed by atoms with Crippen LogP contribution in [-0.2, 0) is 17.9 Å². The van der Waals surface area contributed by atoms with Gasteiger partial charge in [0, 0.05) is 23.9 Å².